The SMILES string of the molecule is CC(C)(C)C1COCC2(CNC2)CO1. The van der Waals surface area contributed by atoms with E-state index in [0.717, 1.165) is 32.9 Å². The molecule has 0 aliphatic carbocycles. The monoisotopic (exact) mass is 199 g/mol. The molecule has 0 bridgehead atoms. The summed E-state index contributed by atoms with van der Waals surface area (Å²) >= 11 is 0. The van der Waals surface area contributed by atoms with Gasteiger partial charge in [-0.1, -0.05) is 20.8 Å². The number of hydrogen-bond donors (Lipinski definition) is 1. The van der Waals surface area contributed by atoms with Crippen molar-refractivity contribution in [2.75, 3.05) is 32.9 Å². The maximum absolute atomic E-state index is 5.96. The molecule has 0 saturated carbocycles. The van der Waals surface area contributed by atoms with Crippen molar-refractivity contribution >= 4 is 0 Å². The molecule has 0 radical (unpaired) electrons. The Morgan fingerprint density at radius 3 is 2.43 bits per heavy atom. The van der Waals surface area contributed by atoms with Crippen LogP contribution < -0.4 is 5.32 Å². The topological polar surface area (TPSA) is 30.5 Å². The molecule has 2 fully saturated rings. The third kappa shape index (κ3) is 1.95. The van der Waals surface area contributed by atoms with Gasteiger partial charge in [0.1, 0.15) is 0 Å². The van der Waals surface area contributed by atoms with Gasteiger partial charge >= 0.3 is 0 Å². The van der Waals surface area contributed by atoms with E-state index in [1.54, 1.807) is 0 Å². The zero-order valence-electron chi connectivity index (χ0n) is 9.43. The third-order valence-electron chi connectivity index (χ3n) is 3.23. The van der Waals surface area contributed by atoms with Gasteiger partial charge in [-0.05, 0) is 5.41 Å². The van der Waals surface area contributed by atoms with Gasteiger partial charge in [0.25, 0.3) is 0 Å². The van der Waals surface area contributed by atoms with E-state index >= 15 is 0 Å². The maximum atomic E-state index is 5.96. The number of ether oxygens (including phenoxy) is 2. The van der Waals surface area contributed by atoms with Gasteiger partial charge in [-0.3, -0.25) is 0 Å². The lowest BCUT2D eigenvalue weighted by atomic mass is 9.83. The standard InChI is InChI=1S/C11H21NO2/c1-10(2,3)9-4-13-7-11(8-14-9)5-12-6-11/h9,12H,4-8H2,1-3H3. The highest BCUT2D eigenvalue weighted by molar-refractivity contribution is 4.94. The Labute approximate surface area is 86.2 Å². The highest BCUT2D eigenvalue weighted by atomic mass is 16.5. The second-order valence-electron chi connectivity index (χ2n) is 5.78. The molecule has 3 nitrogen and oxygen atoms in total. The number of hydrogen-bond acceptors (Lipinski definition) is 3. The lowest BCUT2D eigenvalue weighted by Crippen LogP contribution is -2.58. The third-order valence-corrected chi connectivity index (χ3v) is 3.23. The molecule has 0 aromatic heterocycles. The van der Waals surface area contributed by atoms with Crippen molar-refractivity contribution in [3.63, 3.8) is 0 Å². The predicted octanol–water partition coefficient (Wildman–Crippen LogP) is 1.04. The second kappa shape index (κ2) is 3.47. The minimum atomic E-state index is 0.183. The molecule has 14 heavy (non-hydrogen) atoms. The number of rotatable bonds is 0. The molecule has 1 unspecified atom stereocenters. The quantitative estimate of drug-likeness (QED) is 0.632. The van der Waals surface area contributed by atoms with E-state index in [-0.39, 0.29) is 16.9 Å². The zero-order valence-corrected chi connectivity index (χ0v) is 9.43. The molecule has 2 heterocycles. The van der Waals surface area contributed by atoms with Crippen LogP contribution >= 0.6 is 0 Å². The van der Waals surface area contributed by atoms with E-state index in [2.05, 4.69) is 26.1 Å². The summed E-state index contributed by atoms with van der Waals surface area (Å²) in [4.78, 5) is 0. The molecule has 2 aliphatic rings. The Hall–Kier alpha value is -0.120. The van der Waals surface area contributed by atoms with Gasteiger partial charge in [0.15, 0.2) is 0 Å². The highest BCUT2D eigenvalue weighted by Gasteiger charge is 2.41. The van der Waals surface area contributed by atoms with Crippen LogP contribution in [0.4, 0.5) is 0 Å². The van der Waals surface area contributed by atoms with Crippen LogP contribution in [0.3, 0.4) is 0 Å². The summed E-state index contributed by atoms with van der Waals surface area (Å²) in [6.45, 7) is 11.2. The van der Waals surface area contributed by atoms with Gasteiger partial charge in [0.2, 0.25) is 0 Å². The zero-order chi connectivity index (χ0) is 10.2. The molecular formula is C11H21NO2. The van der Waals surface area contributed by atoms with Crippen molar-refractivity contribution in [1.82, 2.24) is 5.32 Å². The van der Waals surface area contributed by atoms with Gasteiger partial charge in [-0.25, -0.2) is 0 Å². The van der Waals surface area contributed by atoms with E-state index in [0.29, 0.717) is 0 Å². The Kier molecular flexibility index (Phi) is 2.58. The fourth-order valence-corrected chi connectivity index (χ4v) is 1.93. The van der Waals surface area contributed by atoms with Crippen LogP contribution in [-0.4, -0.2) is 39.0 Å². The van der Waals surface area contributed by atoms with Crippen molar-refractivity contribution in [2.24, 2.45) is 10.8 Å². The molecule has 0 aromatic rings. The van der Waals surface area contributed by atoms with Crippen LogP contribution in [0.1, 0.15) is 20.8 Å². The summed E-state index contributed by atoms with van der Waals surface area (Å²) < 4.78 is 11.7. The predicted molar refractivity (Wildman–Crippen MR) is 55.3 cm³/mol. The van der Waals surface area contributed by atoms with Crippen molar-refractivity contribution < 1.29 is 9.47 Å². The molecule has 2 rings (SSSR count). The first-order chi connectivity index (χ1) is 6.52. The van der Waals surface area contributed by atoms with Crippen LogP contribution in [0, 0.1) is 10.8 Å². The molecular weight excluding hydrogens is 178 g/mol. The fourth-order valence-electron chi connectivity index (χ4n) is 1.93. The minimum Gasteiger partial charge on any atom is -0.378 e. The second-order valence-corrected chi connectivity index (χ2v) is 5.78. The number of nitrogens with one attached hydrogen (secondary N) is 1. The van der Waals surface area contributed by atoms with Crippen LogP contribution in [0.15, 0.2) is 0 Å². The molecule has 0 aromatic carbocycles. The lowest BCUT2D eigenvalue weighted by molar-refractivity contribution is -0.0531. The first-order valence-corrected chi connectivity index (χ1v) is 5.42. The average molecular weight is 199 g/mol. The largest absolute Gasteiger partial charge is 0.378 e. The summed E-state index contributed by atoms with van der Waals surface area (Å²) in [5.41, 5.74) is 0.461. The van der Waals surface area contributed by atoms with Gasteiger partial charge < -0.3 is 14.8 Å². The Bertz CT molecular complexity index is 206. The van der Waals surface area contributed by atoms with Crippen LogP contribution in [-0.2, 0) is 9.47 Å². The summed E-state index contributed by atoms with van der Waals surface area (Å²) in [6.07, 6.45) is 0.238. The lowest BCUT2D eigenvalue weighted by Gasteiger charge is -2.41. The normalized spacial score (nSPS) is 32.4. The highest BCUT2D eigenvalue weighted by Crippen LogP contribution is 2.31. The summed E-state index contributed by atoms with van der Waals surface area (Å²) in [5.74, 6) is 0. The summed E-state index contributed by atoms with van der Waals surface area (Å²) in [6, 6.07) is 0. The van der Waals surface area contributed by atoms with Crippen molar-refractivity contribution in [2.45, 2.75) is 26.9 Å². The molecule has 1 N–H and O–H groups in total. The molecule has 1 atom stereocenters. The van der Waals surface area contributed by atoms with Gasteiger partial charge in [-0.2, -0.15) is 0 Å². The van der Waals surface area contributed by atoms with Crippen molar-refractivity contribution in [1.29, 1.82) is 0 Å². The summed E-state index contributed by atoms with van der Waals surface area (Å²) in [5, 5.41) is 3.29. The molecule has 1 spiro atoms. The average Bonchev–Trinajstić information content (AvgIpc) is 2.22. The van der Waals surface area contributed by atoms with E-state index < -0.39 is 0 Å². The molecule has 82 valence electrons. The van der Waals surface area contributed by atoms with E-state index in [1.165, 1.54) is 0 Å². The fraction of sp³-hybridized carbons (Fsp3) is 1.00. The van der Waals surface area contributed by atoms with Crippen molar-refractivity contribution in [3.8, 4) is 0 Å². The van der Waals surface area contributed by atoms with Crippen LogP contribution in [0.25, 0.3) is 0 Å². The summed E-state index contributed by atoms with van der Waals surface area (Å²) in [7, 11) is 0. The molecule has 2 saturated heterocycles. The first kappa shape index (κ1) is 10.4. The van der Waals surface area contributed by atoms with E-state index in [1.807, 2.05) is 0 Å². The molecule has 3 heteroatoms. The van der Waals surface area contributed by atoms with Gasteiger partial charge in [0.05, 0.1) is 25.9 Å². The molecule has 0 amide bonds. The maximum Gasteiger partial charge on any atom is 0.0856 e. The Morgan fingerprint density at radius 1 is 1.21 bits per heavy atom. The molecule has 2 aliphatic heterocycles. The Balaban J connectivity index is 1.94. The Morgan fingerprint density at radius 2 is 1.93 bits per heavy atom. The van der Waals surface area contributed by atoms with Crippen molar-refractivity contribution in [3.05, 3.63) is 0 Å². The van der Waals surface area contributed by atoms with E-state index in [4.69, 9.17) is 9.47 Å². The smallest absolute Gasteiger partial charge is 0.0856 e. The van der Waals surface area contributed by atoms with Gasteiger partial charge in [-0.15, -0.1) is 0 Å². The van der Waals surface area contributed by atoms with Crippen LogP contribution in [0.5, 0.6) is 0 Å². The minimum absolute atomic E-state index is 0.183. The van der Waals surface area contributed by atoms with Gasteiger partial charge in [0, 0.05) is 18.5 Å². The first-order valence-electron chi connectivity index (χ1n) is 5.42. The van der Waals surface area contributed by atoms with E-state index in [9.17, 15) is 0 Å². The van der Waals surface area contributed by atoms with Crippen LogP contribution in [0.2, 0.25) is 0 Å².